The van der Waals surface area contributed by atoms with Gasteiger partial charge in [0.15, 0.2) is 12.2 Å². The molecule has 0 rings (SSSR count). The van der Waals surface area contributed by atoms with Gasteiger partial charge in [0.2, 0.25) is 0 Å². The number of rotatable bonds is 65. The summed E-state index contributed by atoms with van der Waals surface area (Å²) in [6.45, 7) is 14.1. The zero-order chi connectivity index (χ0) is 64.7. The number of phosphoric acid groups is 2. The van der Waals surface area contributed by atoms with Crippen LogP contribution >= 0.6 is 15.6 Å². The predicted octanol–water partition coefficient (Wildman–Crippen LogP) is 18.9. The minimum absolute atomic E-state index is 0.104. The summed E-state index contributed by atoms with van der Waals surface area (Å²) >= 11 is 0. The Hall–Kier alpha value is -1.94. The van der Waals surface area contributed by atoms with E-state index < -0.39 is 97.5 Å². The van der Waals surface area contributed by atoms with Crippen LogP contribution in [-0.4, -0.2) is 96.7 Å². The Morgan fingerprint density at radius 3 is 0.816 bits per heavy atom. The standard InChI is InChI=1S/C68H132O17P2/c1-9-60(7)46-38-30-22-13-11-12-14-25-34-42-50-67(72)84-64(55-79-66(71)49-41-33-27-19-21-29-37-45-59(5)6)57-83-87(76,77)81-53-62(69)52-80-86(74,75)82-56-63(54-78-65(70)48-40-32-24-17-15-20-28-36-44-58(3)4)85-68(73)51-43-35-26-18-16-23-31-39-47-61(8)10-2/h58-64,69H,9-57H2,1-8H3,(H,74,75)(H,76,77)/t60?,61?,62?,63-,64-/m1/s1. The van der Waals surface area contributed by atoms with Crippen LogP contribution in [-0.2, 0) is 65.4 Å². The molecule has 0 aromatic heterocycles. The zero-order valence-corrected chi connectivity index (χ0v) is 58.4. The van der Waals surface area contributed by atoms with Gasteiger partial charge in [-0.2, -0.15) is 0 Å². The summed E-state index contributed by atoms with van der Waals surface area (Å²) in [6, 6.07) is 0. The summed E-state index contributed by atoms with van der Waals surface area (Å²) in [5.74, 6) is 0.869. The monoisotopic (exact) mass is 1280 g/mol. The summed E-state index contributed by atoms with van der Waals surface area (Å²) in [7, 11) is -9.90. The summed E-state index contributed by atoms with van der Waals surface area (Å²) < 4.78 is 68.2. The lowest BCUT2D eigenvalue weighted by Gasteiger charge is -2.21. The van der Waals surface area contributed by atoms with Crippen molar-refractivity contribution in [3.63, 3.8) is 0 Å². The molecule has 19 heteroatoms. The van der Waals surface area contributed by atoms with Crippen LogP contribution in [0, 0.1) is 23.7 Å². The molecule has 87 heavy (non-hydrogen) atoms. The highest BCUT2D eigenvalue weighted by atomic mass is 31.2. The van der Waals surface area contributed by atoms with Gasteiger partial charge in [-0.05, 0) is 49.4 Å². The second kappa shape index (κ2) is 57.9. The molecule has 0 radical (unpaired) electrons. The quantitative estimate of drug-likeness (QED) is 0.0222. The van der Waals surface area contributed by atoms with Crippen molar-refractivity contribution in [3.8, 4) is 0 Å². The van der Waals surface area contributed by atoms with Crippen LogP contribution in [0.1, 0.15) is 331 Å². The number of aliphatic hydroxyl groups is 1. The lowest BCUT2D eigenvalue weighted by Crippen LogP contribution is -2.30. The first-order chi connectivity index (χ1) is 41.7. The molecule has 0 heterocycles. The van der Waals surface area contributed by atoms with Gasteiger partial charge in [0.25, 0.3) is 0 Å². The molecule has 0 saturated heterocycles. The number of hydrogen-bond acceptors (Lipinski definition) is 15. The summed E-state index contributed by atoms with van der Waals surface area (Å²) in [4.78, 5) is 72.4. The van der Waals surface area contributed by atoms with Crippen LogP contribution in [0.3, 0.4) is 0 Å². The van der Waals surface area contributed by atoms with E-state index in [-0.39, 0.29) is 25.7 Å². The van der Waals surface area contributed by atoms with E-state index in [1.807, 2.05) is 0 Å². The number of unbranched alkanes of at least 4 members (excludes halogenated alkanes) is 29. The highest BCUT2D eigenvalue weighted by molar-refractivity contribution is 7.47. The maximum absolute atomic E-state index is 13.0. The SMILES string of the molecule is CCC(C)CCCCCCCCCCCCC(=O)O[C@H](COC(=O)CCCCCCCCCC(C)C)COP(=O)(O)OCC(O)COP(=O)(O)OC[C@@H](COC(=O)CCCCCCCCCCC(C)C)OC(=O)CCCCCCCCCCC(C)CC. The molecule has 0 aliphatic heterocycles. The second-order valence-corrected chi connectivity index (χ2v) is 28.9. The summed E-state index contributed by atoms with van der Waals surface area (Å²) in [5.41, 5.74) is 0. The van der Waals surface area contributed by atoms with E-state index in [0.717, 1.165) is 114 Å². The molecule has 7 atom stereocenters. The molecular formula is C68H132O17P2. The molecule has 0 amide bonds. The van der Waals surface area contributed by atoms with Crippen molar-refractivity contribution in [2.45, 2.75) is 350 Å². The van der Waals surface area contributed by atoms with Crippen LogP contribution in [0.2, 0.25) is 0 Å². The number of phosphoric ester groups is 2. The third kappa shape index (κ3) is 60.1. The number of esters is 4. The third-order valence-electron chi connectivity index (χ3n) is 16.3. The zero-order valence-electron chi connectivity index (χ0n) is 56.6. The Morgan fingerprint density at radius 2 is 0.552 bits per heavy atom. The van der Waals surface area contributed by atoms with E-state index in [2.05, 4.69) is 55.4 Å². The van der Waals surface area contributed by atoms with Gasteiger partial charge >= 0.3 is 39.5 Å². The van der Waals surface area contributed by atoms with Crippen LogP contribution in [0.5, 0.6) is 0 Å². The topological polar surface area (TPSA) is 237 Å². The molecule has 17 nitrogen and oxygen atoms in total. The fraction of sp³-hybridized carbons (Fsp3) is 0.941. The number of hydrogen-bond donors (Lipinski definition) is 3. The Kier molecular flexibility index (Phi) is 56.6. The first-order valence-corrected chi connectivity index (χ1v) is 38.3. The first kappa shape index (κ1) is 85.1. The lowest BCUT2D eigenvalue weighted by atomic mass is 9.99. The third-order valence-corrected chi connectivity index (χ3v) is 18.2. The molecule has 0 saturated carbocycles. The smallest absolute Gasteiger partial charge is 0.462 e. The minimum atomic E-state index is -4.95. The van der Waals surface area contributed by atoms with E-state index in [0.29, 0.717) is 31.6 Å². The van der Waals surface area contributed by atoms with Crippen LogP contribution < -0.4 is 0 Å². The summed E-state index contributed by atoms with van der Waals surface area (Å²) in [6.07, 6.45) is 38.9. The van der Waals surface area contributed by atoms with Crippen molar-refractivity contribution in [2.24, 2.45) is 23.7 Å². The van der Waals surface area contributed by atoms with Gasteiger partial charge in [-0.3, -0.25) is 37.3 Å². The average Bonchev–Trinajstić information content (AvgIpc) is 3.70. The normalized spacial score (nSPS) is 15.0. The molecule has 0 bridgehead atoms. The fourth-order valence-corrected chi connectivity index (χ4v) is 11.7. The van der Waals surface area contributed by atoms with Crippen molar-refractivity contribution in [1.82, 2.24) is 0 Å². The van der Waals surface area contributed by atoms with E-state index in [1.165, 1.54) is 128 Å². The maximum Gasteiger partial charge on any atom is 0.472 e. The molecular weight excluding hydrogens is 1150 g/mol. The molecule has 0 aromatic rings. The van der Waals surface area contributed by atoms with Crippen molar-refractivity contribution in [2.75, 3.05) is 39.6 Å². The van der Waals surface area contributed by atoms with E-state index in [1.54, 1.807) is 0 Å². The molecule has 5 unspecified atom stereocenters. The second-order valence-electron chi connectivity index (χ2n) is 26.0. The van der Waals surface area contributed by atoms with Crippen LogP contribution in [0.15, 0.2) is 0 Å². The lowest BCUT2D eigenvalue weighted by molar-refractivity contribution is -0.161. The van der Waals surface area contributed by atoms with E-state index in [9.17, 15) is 43.2 Å². The highest BCUT2D eigenvalue weighted by Gasteiger charge is 2.30. The Morgan fingerprint density at radius 1 is 0.322 bits per heavy atom. The van der Waals surface area contributed by atoms with Gasteiger partial charge in [0, 0.05) is 25.7 Å². The van der Waals surface area contributed by atoms with Gasteiger partial charge in [-0.1, -0.05) is 280 Å². The molecule has 0 spiro atoms. The molecule has 0 aromatic carbocycles. The number of aliphatic hydroxyl groups excluding tert-OH is 1. The van der Waals surface area contributed by atoms with E-state index >= 15 is 0 Å². The average molecular weight is 1280 g/mol. The predicted molar refractivity (Wildman–Crippen MR) is 349 cm³/mol. The number of carbonyl (C=O) groups is 4. The fourth-order valence-electron chi connectivity index (χ4n) is 10.1. The Bertz CT molecular complexity index is 1730. The molecule has 0 aliphatic carbocycles. The van der Waals surface area contributed by atoms with Crippen LogP contribution in [0.25, 0.3) is 0 Å². The molecule has 3 N–H and O–H groups in total. The van der Waals surface area contributed by atoms with Crippen molar-refractivity contribution < 1.29 is 80.2 Å². The molecule has 0 fully saturated rings. The van der Waals surface area contributed by atoms with Gasteiger partial charge in [0.05, 0.1) is 26.4 Å². The van der Waals surface area contributed by atoms with Crippen molar-refractivity contribution in [3.05, 3.63) is 0 Å². The van der Waals surface area contributed by atoms with Gasteiger partial charge in [0.1, 0.15) is 19.3 Å². The Balaban J connectivity index is 5.27. The Labute approximate surface area is 530 Å². The van der Waals surface area contributed by atoms with E-state index in [4.69, 9.17) is 37.0 Å². The van der Waals surface area contributed by atoms with Gasteiger partial charge in [-0.25, -0.2) is 9.13 Å². The summed E-state index contributed by atoms with van der Waals surface area (Å²) in [5, 5.41) is 10.6. The van der Waals surface area contributed by atoms with Gasteiger partial charge < -0.3 is 33.8 Å². The largest absolute Gasteiger partial charge is 0.472 e. The highest BCUT2D eigenvalue weighted by Crippen LogP contribution is 2.45. The molecule has 0 aliphatic rings. The maximum atomic E-state index is 13.0. The van der Waals surface area contributed by atoms with Crippen LogP contribution in [0.4, 0.5) is 0 Å². The molecule has 516 valence electrons. The van der Waals surface area contributed by atoms with Crippen molar-refractivity contribution >= 4 is 39.5 Å². The van der Waals surface area contributed by atoms with Crippen molar-refractivity contribution in [1.29, 1.82) is 0 Å². The van der Waals surface area contributed by atoms with Gasteiger partial charge in [-0.15, -0.1) is 0 Å². The first-order valence-electron chi connectivity index (χ1n) is 35.3. The number of carbonyl (C=O) groups excluding carboxylic acids is 4. The minimum Gasteiger partial charge on any atom is -0.462 e. The number of ether oxygens (including phenoxy) is 4.